The monoisotopic (exact) mass is 932 g/mol. The third-order valence-electron chi connectivity index (χ3n) is 11.5. The van der Waals surface area contributed by atoms with Gasteiger partial charge in [0.15, 0.2) is 0 Å². The van der Waals surface area contributed by atoms with E-state index in [4.69, 9.17) is 0 Å². The molecule has 0 heterocycles. The molecule has 0 bridgehead atoms. The molecule has 1 aliphatic rings. The summed E-state index contributed by atoms with van der Waals surface area (Å²) < 4.78 is 1.60. The molecule has 8 rings (SSSR count). The zero-order valence-electron chi connectivity index (χ0n) is 38.5. The Bertz CT molecular complexity index is 2300. The summed E-state index contributed by atoms with van der Waals surface area (Å²) in [5.41, 5.74) is 19.4. The van der Waals surface area contributed by atoms with E-state index in [-0.39, 0.29) is 35.6 Å². The summed E-state index contributed by atoms with van der Waals surface area (Å²) in [6, 6.07) is 60.8. The minimum atomic E-state index is 0. The van der Waals surface area contributed by atoms with Crippen molar-refractivity contribution >= 4 is 3.21 Å². The van der Waals surface area contributed by atoms with Crippen molar-refractivity contribution in [2.75, 3.05) is 0 Å². The SMILES string of the molecule is CC(C)c1ccccc1-c1[c-]c2c(cc1C(C)(C)C)-c1cc(C(C)(C)C)c(-c3ccccc3C(C)C)cc1C2.[Cl-].[Cl-].[Zr+2]=[C](Cc1ccccc1)Cc1ccccc1.c1cc[cH-]c1. The maximum atomic E-state index is 4.01. The first-order valence-corrected chi connectivity index (χ1v) is 23.1. The van der Waals surface area contributed by atoms with Crippen LogP contribution in [0.3, 0.4) is 0 Å². The van der Waals surface area contributed by atoms with Gasteiger partial charge in [0.2, 0.25) is 0 Å². The molecule has 0 nitrogen and oxygen atoms in total. The molecule has 0 radical (unpaired) electrons. The van der Waals surface area contributed by atoms with Crippen LogP contribution < -0.4 is 24.8 Å². The average Bonchev–Trinajstić information content (AvgIpc) is 3.92. The van der Waals surface area contributed by atoms with Crippen molar-refractivity contribution in [3.63, 3.8) is 0 Å². The summed E-state index contributed by atoms with van der Waals surface area (Å²) >= 11 is 1.55. The number of hydrogen-bond acceptors (Lipinski definition) is 0. The molecule has 0 amide bonds. The maximum Gasteiger partial charge on any atom is -0.172 e. The van der Waals surface area contributed by atoms with Gasteiger partial charge in [-0.15, -0.1) is 28.8 Å². The minimum absolute atomic E-state index is 0. The van der Waals surface area contributed by atoms with E-state index in [1.807, 2.05) is 30.3 Å². The van der Waals surface area contributed by atoms with Crippen molar-refractivity contribution in [3.8, 4) is 33.4 Å². The molecular weight excluding hydrogens is 871 g/mol. The molecule has 0 saturated heterocycles. The van der Waals surface area contributed by atoms with E-state index in [0.717, 1.165) is 19.3 Å². The number of halogens is 2. The van der Waals surface area contributed by atoms with Crippen molar-refractivity contribution in [2.24, 2.45) is 0 Å². The van der Waals surface area contributed by atoms with Crippen LogP contribution in [0, 0.1) is 6.07 Å². The molecule has 7 aromatic carbocycles. The van der Waals surface area contributed by atoms with Gasteiger partial charge in [-0.1, -0.05) is 152 Å². The summed E-state index contributed by atoms with van der Waals surface area (Å²) in [5.74, 6) is 0.941. The second kappa shape index (κ2) is 22.6. The Labute approximate surface area is 402 Å². The normalized spacial score (nSPS) is 11.6. The van der Waals surface area contributed by atoms with Crippen LogP contribution in [0.25, 0.3) is 33.4 Å². The van der Waals surface area contributed by atoms with E-state index >= 15 is 0 Å². The van der Waals surface area contributed by atoms with Crippen LogP contribution in [0.2, 0.25) is 0 Å². The Balaban J connectivity index is 0.000000302. The molecule has 3 heteroatoms. The molecule has 1 aliphatic carbocycles. The first-order valence-electron chi connectivity index (χ1n) is 21.9. The third-order valence-corrected chi connectivity index (χ3v) is 12.3. The van der Waals surface area contributed by atoms with E-state index < -0.39 is 0 Å². The van der Waals surface area contributed by atoms with Gasteiger partial charge in [-0.05, 0) is 56.9 Å². The number of hydrogen-bond donors (Lipinski definition) is 0. The molecule has 0 saturated carbocycles. The zero-order chi connectivity index (χ0) is 43.0. The standard InChI is InChI=1S/C39H45.C15H14.C5H5.2ClH.Zr/c1-24(2)28-15-11-13-17-30(28)34-20-26-19-27-21-35(31-18-14-12-16-29(31)25(3)4)37(39(8,9)10)23-33(27)32(26)22-36(34)38(5,6)7;1-3-8-14(9-4-1)12-7-13-15-10-5-2-6-11-15;1-2-4-5-3-1;;;/h11-18,20,22-25H,19H2,1-10H3;1-6,8-11H,12-13H2;1-5H;2*1H;/q-1;;-1;;;+2/p-2. The Hall–Kier alpha value is -4.00. The fourth-order valence-electron chi connectivity index (χ4n) is 8.39. The van der Waals surface area contributed by atoms with E-state index in [2.05, 4.69) is 203 Å². The average molecular weight is 935 g/mol. The summed E-state index contributed by atoms with van der Waals surface area (Å²) in [6.07, 6.45) is 3.18. The van der Waals surface area contributed by atoms with Crippen LogP contribution in [0.4, 0.5) is 0 Å². The zero-order valence-corrected chi connectivity index (χ0v) is 42.5. The smallest absolute Gasteiger partial charge is 0.172 e. The fourth-order valence-corrected chi connectivity index (χ4v) is 9.39. The minimum Gasteiger partial charge on any atom is -0.214 e. The number of rotatable bonds is 8. The van der Waals surface area contributed by atoms with Crippen LogP contribution in [-0.4, -0.2) is 3.21 Å². The van der Waals surface area contributed by atoms with Gasteiger partial charge >= 0.3 is 112 Å². The van der Waals surface area contributed by atoms with E-state index in [1.54, 1.807) is 27.4 Å². The molecule has 0 aliphatic heterocycles. The van der Waals surface area contributed by atoms with Crippen LogP contribution in [0.15, 0.2) is 158 Å². The number of benzene rings is 6. The molecule has 0 atom stereocenters. The molecular formula is C59H64Cl2Zr-2. The Kier molecular flexibility index (Phi) is 18.4. The Morgan fingerprint density at radius 3 is 1.45 bits per heavy atom. The largest absolute Gasteiger partial charge is 0.214 e. The maximum absolute atomic E-state index is 4.01. The predicted molar refractivity (Wildman–Crippen MR) is 257 cm³/mol. The van der Waals surface area contributed by atoms with Gasteiger partial charge < -0.3 is 24.8 Å². The van der Waals surface area contributed by atoms with Gasteiger partial charge in [-0.25, -0.2) is 12.1 Å². The number of fused-ring (bicyclic) bond motifs is 3. The van der Waals surface area contributed by atoms with E-state index in [9.17, 15) is 0 Å². The molecule has 320 valence electrons. The molecule has 0 aromatic heterocycles. The molecule has 62 heavy (non-hydrogen) atoms. The molecule has 0 N–H and O–H groups in total. The summed E-state index contributed by atoms with van der Waals surface area (Å²) in [6.45, 7) is 23.3. The van der Waals surface area contributed by atoms with Gasteiger partial charge in [0.1, 0.15) is 0 Å². The molecule has 0 spiro atoms. The second-order valence-corrected chi connectivity index (χ2v) is 20.8. The van der Waals surface area contributed by atoms with Gasteiger partial charge in [-0.3, -0.25) is 0 Å². The first-order chi connectivity index (χ1) is 28.6. The van der Waals surface area contributed by atoms with Crippen molar-refractivity contribution in [1.82, 2.24) is 0 Å². The van der Waals surface area contributed by atoms with Crippen molar-refractivity contribution < 1.29 is 49.0 Å². The second-order valence-electron chi connectivity index (χ2n) is 19.1. The fraction of sp³-hybridized carbons (Fsp3) is 0.288. The summed E-state index contributed by atoms with van der Waals surface area (Å²) in [7, 11) is 0. The van der Waals surface area contributed by atoms with Gasteiger partial charge in [0.25, 0.3) is 0 Å². The molecule has 7 aromatic rings. The third kappa shape index (κ3) is 12.8. The van der Waals surface area contributed by atoms with Crippen molar-refractivity contribution in [2.45, 2.75) is 111 Å². The Morgan fingerprint density at radius 1 is 0.532 bits per heavy atom. The van der Waals surface area contributed by atoms with Crippen LogP contribution >= 0.6 is 0 Å². The van der Waals surface area contributed by atoms with Crippen LogP contribution in [-0.2, 0) is 54.3 Å². The molecule has 0 unspecified atom stereocenters. The quantitative estimate of drug-likeness (QED) is 0.133. The van der Waals surface area contributed by atoms with Crippen molar-refractivity contribution in [1.29, 1.82) is 0 Å². The predicted octanol–water partition coefficient (Wildman–Crippen LogP) is 9.84. The van der Waals surface area contributed by atoms with Gasteiger partial charge in [0, 0.05) is 0 Å². The van der Waals surface area contributed by atoms with Crippen molar-refractivity contribution in [3.05, 3.63) is 208 Å². The van der Waals surface area contributed by atoms with Gasteiger partial charge in [-0.2, -0.15) is 18.2 Å². The topological polar surface area (TPSA) is 0 Å². The Morgan fingerprint density at radius 2 is 0.984 bits per heavy atom. The van der Waals surface area contributed by atoms with E-state index in [1.165, 1.54) is 77.9 Å². The summed E-state index contributed by atoms with van der Waals surface area (Å²) in [5, 5.41) is 0. The van der Waals surface area contributed by atoms with Gasteiger partial charge in [0.05, 0.1) is 0 Å². The van der Waals surface area contributed by atoms with E-state index in [0.29, 0.717) is 11.8 Å². The molecule has 0 fully saturated rings. The van der Waals surface area contributed by atoms with Crippen LogP contribution in [0.1, 0.15) is 126 Å². The van der Waals surface area contributed by atoms with Crippen LogP contribution in [0.5, 0.6) is 0 Å². The first kappa shape index (κ1) is 50.6. The summed E-state index contributed by atoms with van der Waals surface area (Å²) in [4.78, 5) is 0.